The summed E-state index contributed by atoms with van der Waals surface area (Å²) in [6.07, 6.45) is 1.33. The number of allylic oxidation sites excluding steroid dienone is 2. The molecule has 0 saturated carbocycles. The van der Waals surface area contributed by atoms with Crippen molar-refractivity contribution in [2.45, 2.75) is 6.92 Å². The highest BCUT2D eigenvalue weighted by atomic mass is 16.1. The van der Waals surface area contributed by atoms with E-state index in [1.165, 1.54) is 6.08 Å². The molecule has 116 valence electrons. The van der Waals surface area contributed by atoms with Crippen molar-refractivity contribution in [3.05, 3.63) is 83.2 Å². The van der Waals surface area contributed by atoms with Gasteiger partial charge in [-0.15, -0.1) is 0 Å². The molecule has 0 unspecified atom stereocenters. The smallest absolute Gasteiger partial charge is 0.211 e. The number of hydrogen-bond acceptors (Lipinski definition) is 4. The van der Waals surface area contributed by atoms with E-state index in [1.807, 2.05) is 61.5 Å². The van der Waals surface area contributed by atoms with Crippen LogP contribution in [0.4, 0.5) is 5.69 Å². The fourth-order valence-electron chi connectivity index (χ4n) is 3.00. The lowest BCUT2D eigenvalue weighted by Crippen LogP contribution is -2.24. The maximum absolute atomic E-state index is 12.9. The SMILES string of the molecule is Cc1c2c(nc3ccccc13)C(=O)C=C(Nc1ccccc1)C2=O. The molecule has 4 rings (SSSR count). The van der Waals surface area contributed by atoms with Gasteiger partial charge in [0.25, 0.3) is 0 Å². The van der Waals surface area contributed by atoms with Crippen LogP contribution < -0.4 is 5.32 Å². The van der Waals surface area contributed by atoms with Crippen LogP contribution in [0.2, 0.25) is 0 Å². The lowest BCUT2D eigenvalue weighted by molar-refractivity contribution is 0.0982. The molecule has 0 fully saturated rings. The highest BCUT2D eigenvalue weighted by molar-refractivity contribution is 6.26. The van der Waals surface area contributed by atoms with Gasteiger partial charge in [-0.05, 0) is 30.7 Å². The first-order chi connectivity index (χ1) is 11.6. The molecule has 3 aromatic rings. The number of anilines is 1. The first-order valence-electron chi connectivity index (χ1n) is 7.67. The van der Waals surface area contributed by atoms with Gasteiger partial charge in [-0.2, -0.15) is 0 Å². The van der Waals surface area contributed by atoms with E-state index in [9.17, 15) is 9.59 Å². The van der Waals surface area contributed by atoms with Crippen molar-refractivity contribution in [1.82, 2.24) is 4.98 Å². The van der Waals surface area contributed by atoms with Gasteiger partial charge in [-0.1, -0.05) is 36.4 Å². The van der Waals surface area contributed by atoms with E-state index < -0.39 is 0 Å². The van der Waals surface area contributed by atoms with Crippen LogP contribution in [0.15, 0.2) is 66.4 Å². The molecule has 24 heavy (non-hydrogen) atoms. The minimum atomic E-state index is -0.253. The monoisotopic (exact) mass is 314 g/mol. The van der Waals surface area contributed by atoms with Gasteiger partial charge in [0.2, 0.25) is 11.6 Å². The molecule has 4 heteroatoms. The average molecular weight is 314 g/mol. The number of nitrogens with one attached hydrogen (secondary N) is 1. The summed E-state index contributed by atoms with van der Waals surface area (Å²) in [5.41, 5.74) is 3.17. The largest absolute Gasteiger partial charge is 0.352 e. The van der Waals surface area contributed by atoms with Crippen LogP contribution in [0.25, 0.3) is 10.9 Å². The molecule has 0 bridgehead atoms. The van der Waals surface area contributed by atoms with Gasteiger partial charge in [-0.3, -0.25) is 9.59 Å². The second kappa shape index (κ2) is 5.42. The van der Waals surface area contributed by atoms with E-state index in [2.05, 4.69) is 10.3 Å². The van der Waals surface area contributed by atoms with Crippen LogP contribution >= 0.6 is 0 Å². The fraction of sp³-hybridized carbons (Fsp3) is 0.0500. The number of carbonyl (C=O) groups is 2. The van der Waals surface area contributed by atoms with E-state index in [0.717, 1.165) is 22.2 Å². The molecule has 0 spiro atoms. The van der Waals surface area contributed by atoms with Gasteiger partial charge in [-0.25, -0.2) is 4.98 Å². The van der Waals surface area contributed by atoms with E-state index in [1.54, 1.807) is 0 Å². The van der Waals surface area contributed by atoms with Crippen molar-refractivity contribution in [3.8, 4) is 0 Å². The molecule has 1 N–H and O–H groups in total. The maximum atomic E-state index is 12.9. The van der Waals surface area contributed by atoms with Gasteiger partial charge < -0.3 is 5.32 Å². The zero-order chi connectivity index (χ0) is 16.7. The first kappa shape index (κ1) is 14.3. The maximum Gasteiger partial charge on any atom is 0.211 e. The number of para-hydroxylation sites is 2. The van der Waals surface area contributed by atoms with E-state index in [-0.39, 0.29) is 23.0 Å². The predicted octanol–water partition coefficient (Wildman–Crippen LogP) is 3.92. The van der Waals surface area contributed by atoms with Gasteiger partial charge in [0, 0.05) is 17.1 Å². The van der Waals surface area contributed by atoms with Gasteiger partial charge in [0.1, 0.15) is 5.69 Å². The van der Waals surface area contributed by atoms with Crippen LogP contribution in [0.5, 0.6) is 0 Å². The standard InChI is InChI=1S/C20H14N2O2/c1-12-14-9-5-6-10-15(14)22-19-17(23)11-16(20(24)18(12)19)21-13-7-3-2-4-8-13/h2-11,21H,1H3. The van der Waals surface area contributed by atoms with Gasteiger partial charge >= 0.3 is 0 Å². The zero-order valence-electron chi connectivity index (χ0n) is 13.0. The summed E-state index contributed by atoms with van der Waals surface area (Å²) in [7, 11) is 0. The fourth-order valence-corrected chi connectivity index (χ4v) is 3.00. The number of pyridine rings is 1. The topological polar surface area (TPSA) is 59.1 Å². The minimum Gasteiger partial charge on any atom is -0.352 e. The van der Waals surface area contributed by atoms with Crippen molar-refractivity contribution in [1.29, 1.82) is 0 Å². The lowest BCUT2D eigenvalue weighted by Gasteiger charge is -2.19. The highest BCUT2D eigenvalue weighted by Gasteiger charge is 2.29. The summed E-state index contributed by atoms with van der Waals surface area (Å²) in [5, 5.41) is 3.93. The second-order valence-corrected chi connectivity index (χ2v) is 5.72. The van der Waals surface area contributed by atoms with Gasteiger partial charge in [0.05, 0.1) is 16.8 Å². The third-order valence-corrected chi connectivity index (χ3v) is 4.19. The molecular weight excluding hydrogens is 300 g/mol. The molecule has 2 aromatic carbocycles. The van der Waals surface area contributed by atoms with Crippen molar-refractivity contribution >= 4 is 28.2 Å². The van der Waals surface area contributed by atoms with Gasteiger partial charge in [0.15, 0.2) is 0 Å². The van der Waals surface area contributed by atoms with E-state index in [4.69, 9.17) is 0 Å². The number of carbonyl (C=O) groups excluding carboxylic acids is 2. The Bertz CT molecular complexity index is 1020. The number of nitrogens with zero attached hydrogens (tertiary/aromatic N) is 1. The lowest BCUT2D eigenvalue weighted by atomic mass is 9.91. The molecule has 0 saturated heterocycles. The van der Waals surface area contributed by atoms with Crippen LogP contribution in [-0.4, -0.2) is 16.6 Å². The summed E-state index contributed by atoms with van der Waals surface area (Å²) in [6.45, 7) is 1.86. The molecule has 0 aliphatic heterocycles. The van der Waals surface area contributed by atoms with Crippen LogP contribution in [-0.2, 0) is 0 Å². The third-order valence-electron chi connectivity index (χ3n) is 4.19. The van der Waals surface area contributed by atoms with Crippen LogP contribution in [0.3, 0.4) is 0 Å². The third kappa shape index (κ3) is 2.20. The van der Waals surface area contributed by atoms with Crippen LogP contribution in [0, 0.1) is 6.92 Å². The molecule has 0 atom stereocenters. The second-order valence-electron chi connectivity index (χ2n) is 5.72. The molecule has 1 aliphatic carbocycles. The predicted molar refractivity (Wildman–Crippen MR) is 93.3 cm³/mol. The quantitative estimate of drug-likeness (QED) is 0.779. The Morgan fingerprint density at radius 3 is 2.42 bits per heavy atom. The van der Waals surface area contributed by atoms with Crippen LogP contribution in [0.1, 0.15) is 26.4 Å². The number of benzene rings is 2. The summed E-state index contributed by atoms with van der Waals surface area (Å²) in [4.78, 5) is 29.8. The van der Waals surface area contributed by atoms with Crippen molar-refractivity contribution in [2.75, 3.05) is 5.32 Å². The molecule has 1 aliphatic rings. The number of aromatic nitrogens is 1. The molecule has 0 radical (unpaired) electrons. The Labute approximate surface area is 138 Å². The van der Waals surface area contributed by atoms with Crippen molar-refractivity contribution in [3.63, 3.8) is 0 Å². The van der Waals surface area contributed by atoms with E-state index in [0.29, 0.717) is 5.56 Å². The Balaban J connectivity index is 1.85. The first-order valence-corrected chi connectivity index (χ1v) is 7.67. The minimum absolute atomic E-state index is 0.204. The summed E-state index contributed by atoms with van der Waals surface area (Å²) in [6, 6.07) is 16.9. The number of Topliss-reactive ketones (excluding diaryl/α,β-unsaturated/α-hetero) is 1. The molecular formula is C20H14N2O2. The number of aryl methyl sites for hydroxylation is 1. The zero-order valence-corrected chi connectivity index (χ0v) is 13.0. The normalized spacial score (nSPS) is 13.6. The Hall–Kier alpha value is -3.27. The molecule has 1 heterocycles. The number of fused-ring (bicyclic) bond motifs is 2. The number of hydrogen-bond donors (Lipinski definition) is 1. The van der Waals surface area contributed by atoms with E-state index >= 15 is 0 Å². The Morgan fingerprint density at radius 2 is 1.62 bits per heavy atom. The number of ketones is 2. The molecule has 0 amide bonds. The summed E-state index contributed by atoms with van der Waals surface area (Å²) < 4.78 is 0. The molecule has 1 aromatic heterocycles. The van der Waals surface area contributed by atoms with Crippen molar-refractivity contribution in [2.24, 2.45) is 0 Å². The summed E-state index contributed by atoms with van der Waals surface area (Å²) >= 11 is 0. The molecule has 4 nitrogen and oxygen atoms in total. The average Bonchev–Trinajstić information content (AvgIpc) is 2.60. The van der Waals surface area contributed by atoms with Crippen molar-refractivity contribution < 1.29 is 9.59 Å². The Kier molecular flexibility index (Phi) is 3.24. The Morgan fingerprint density at radius 1 is 0.917 bits per heavy atom. The summed E-state index contributed by atoms with van der Waals surface area (Å²) in [5.74, 6) is -0.457. The number of rotatable bonds is 2. The highest BCUT2D eigenvalue weighted by Crippen LogP contribution is 2.29.